The molecular formula is C19H19NO5S. The van der Waals surface area contributed by atoms with Gasteiger partial charge in [0.2, 0.25) is 5.91 Å². The number of nitrogens with one attached hydrogen (secondary N) is 1. The van der Waals surface area contributed by atoms with Crippen LogP contribution < -0.4 is 5.32 Å². The number of hydrogen-bond acceptors (Lipinski definition) is 4. The standard InChI is InChI=1S/C19H19NO5S/c1-26(24,25)14-9-5-8-13(10-14)17(12-6-3-2-4-7-12)20-18(21)15-11-16(15)19(22)23/h2-10,15-17H,11H2,1H3,(H,20,21)(H,22,23)/t15-,16-,17+/m0/s1. The molecule has 7 heteroatoms. The minimum Gasteiger partial charge on any atom is -0.481 e. The Morgan fingerprint density at radius 1 is 1.04 bits per heavy atom. The summed E-state index contributed by atoms with van der Waals surface area (Å²) in [6, 6.07) is 15.0. The van der Waals surface area contributed by atoms with Gasteiger partial charge < -0.3 is 10.4 Å². The Balaban J connectivity index is 1.93. The Kier molecular flexibility index (Phi) is 4.82. The van der Waals surface area contributed by atoms with Crippen molar-refractivity contribution >= 4 is 21.7 Å². The molecule has 3 atom stereocenters. The summed E-state index contributed by atoms with van der Waals surface area (Å²) in [7, 11) is -3.38. The number of carboxylic acid groups (broad SMARTS) is 1. The average Bonchev–Trinajstić information content (AvgIpc) is 3.41. The molecule has 0 saturated heterocycles. The molecule has 2 N–H and O–H groups in total. The highest BCUT2D eigenvalue weighted by Crippen LogP contribution is 2.39. The van der Waals surface area contributed by atoms with E-state index < -0.39 is 33.7 Å². The van der Waals surface area contributed by atoms with Crippen LogP contribution in [0, 0.1) is 11.8 Å². The molecule has 3 rings (SSSR count). The van der Waals surface area contributed by atoms with E-state index in [-0.39, 0.29) is 10.8 Å². The van der Waals surface area contributed by atoms with Gasteiger partial charge in [0.05, 0.1) is 22.8 Å². The van der Waals surface area contributed by atoms with Gasteiger partial charge in [-0.15, -0.1) is 0 Å². The van der Waals surface area contributed by atoms with Gasteiger partial charge in [-0.1, -0.05) is 42.5 Å². The van der Waals surface area contributed by atoms with E-state index in [1.807, 2.05) is 30.3 Å². The quantitative estimate of drug-likeness (QED) is 0.807. The third-order valence-corrected chi connectivity index (χ3v) is 5.59. The molecule has 1 saturated carbocycles. The van der Waals surface area contributed by atoms with Crippen molar-refractivity contribution in [1.29, 1.82) is 0 Å². The number of benzene rings is 2. The number of aliphatic carboxylic acids is 1. The van der Waals surface area contributed by atoms with E-state index in [0.717, 1.165) is 11.8 Å². The lowest BCUT2D eigenvalue weighted by atomic mass is 9.98. The van der Waals surface area contributed by atoms with Gasteiger partial charge in [-0.05, 0) is 29.7 Å². The summed E-state index contributed by atoms with van der Waals surface area (Å²) in [6.07, 6.45) is 1.45. The van der Waals surface area contributed by atoms with Gasteiger partial charge in [0.1, 0.15) is 0 Å². The number of rotatable bonds is 6. The maximum Gasteiger partial charge on any atom is 0.307 e. The normalized spacial score (nSPS) is 20.2. The van der Waals surface area contributed by atoms with E-state index in [2.05, 4.69) is 5.32 Å². The van der Waals surface area contributed by atoms with Crippen molar-refractivity contribution in [2.75, 3.05) is 6.26 Å². The molecule has 26 heavy (non-hydrogen) atoms. The van der Waals surface area contributed by atoms with Gasteiger partial charge in [-0.25, -0.2) is 8.42 Å². The smallest absolute Gasteiger partial charge is 0.307 e. The lowest BCUT2D eigenvalue weighted by molar-refractivity contribution is -0.140. The van der Waals surface area contributed by atoms with E-state index in [0.29, 0.717) is 12.0 Å². The zero-order valence-corrected chi connectivity index (χ0v) is 14.9. The topological polar surface area (TPSA) is 101 Å². The molecule has 1 fully saturated rings. The molecule has 0 heterocycles. The van der Waals surface area contributed by atoms with Crippen molar-refractivity contribution in [1.82, 2.24) is 5.32 Å². The molecular weight excluding hydrogens is 354 g/mol. The van der Waals surface area contributed by atoms with Crippen LogP contribution in [0.3, 0.4) is 0 Å². The number of carboxylic acids is 1. The number of carbonyl (C=O) groups excluding carboxylic acids is 1. The average molecular weight is 373 g/mol. The van der Waals surface area contributed by atoms with E-state index >= 15 is 0 Å². The first-order valence-corrected chi connectivity index (χ1v) is 10.0. The first kappa shape index (κ1) is 18.1. The second-order valence-electron chi connectivity index (χ2n) is 6.48. The van der Waals surface area contributed by atoms with E-state index in [1.165, 1.54) is 12.1 Å². The van der Waals surface area contributed by atoms with Crippen LogP contribution in [0.25, 0.3) is 0 Å². The summed E-state index contributed by atoms with van der Waals surface area (Å²) < 4.78 is 23.7. The molecule has 2 aromatic rings. The van der Waals surface area contributed by atoms with Gasteiger partial charge in [-0.2, -0.15) is 0 Å². The summed E-state index contributed by atoms with van der Waals surface area (Å²) in [5.41, 5.74) is 1.42. The molecule has 1 amide bonds. The van der Waals surface area contributed by atoms with E-state index in [9.17, 15) is 18.0 Å². The largest absolute Gasteiger partial charge is 0.481 e. The maximum atomic E-state index is 12.5. The first-order chi connectivity index (χ1) is 12.3. The Bertz CT molecular complexity index is 939. The maximum absolute atomic E-state index is 12.5. The van der Waals surface area contributed by atoms with Crippen molar-refractivity contribution in [3.05, 3.63) is 65.7 Å². The molecule has 0 bridgehead atoms. The van der Waals surface area contributed by atoms with Crippen LogP contribution in [0.15, 0.2) is 59.5 Å². The Labute approximate surface area is 151 Å². The number of hydrogen-bond donors (Lipinski definition) is 2. The fourth-order valence-corrected chi connectivity index (χ4v) is 3.61. The second kappa shape index (κ2) is 6.92. The van der Waals surface area contributed by atoms with Gasteiger partial charge >= 0.3 is 5.97 Å². The summed E-state index contributed by atoms with van der Waals surface area (Å²) in [4.78, 5) is 23.6. The third kappa shape index (κ3) is 3.94. The van der Waals surface area contributed by atoms with Gasteiger partial charge in [0.15, 0.2) is 9.84 Å². The third-order valence-electron chi connectivity index (χ3n) is 4.48. The molecule has 1 aliphatic rings. The zero-order valence-electron chi connectivity index (χ0n) is 14.1. The zero-order chi connectivity index (χ0) is 18.9. The number of sulfone groups is 1. The van der Waals surface area contributed by atoms with Gasteiger partial charge in [0.25, 0.3) is 0 Å². The van der Waals surface area contributed by atoms with Crippen LogP contribution in [0.2, 0.25) is 0 Å². The molecule has 0 aromatic heterocycles. The molecule has 1 aliphatic carbocycles. The highest BCUT2D eigenvalue weighted by molar-refractivity contribution is 7.90. The molecule has 2 aromatic carbocycles. The SMILES string of the molecule is CS(=O)(=O)c1cccc([C@H](NC(=O)[C@H]2C[C@@H]2C(=O)O)c2ccccc2)c1. The van der Waals surface area contributed by atoms with E-state index in [1.54, 1.807) is 12.1 Å². The van der Waals surface area contributed by atoms with Crippen LogP contribution in [0.1, 0.15) is 23.6 Å². The highest BCUT2D eigenvalue weighted by atomic mass is 32.2. The lowest BCUT2D eigenvalue weighted by Gasteiger charge is -2.20. The Morgan fingerprint density at radius 2 is 1.69 bits per heavy atom. The second-order valence-corrected chi connectivity index (χ2v) is 8.50. The van der Waals surface area contributed by atoms with Crippen molar-refractivity contribution < 1.29 is 23.1 Å². The van der Waals surface area contributed by atoms with Crippen LogP contribution >= 0.6 is 0 Å². The Hall–Kier alpha value is -2.67. The molecule has 136 valence electrons. The van der Waals surface area contributed by atoms with Crippen LogP contribution in [-0.2, 0) is 19.4 Å². The molecule has 0 unspecified atom stereocenters. The predicted octanol–water partition coefficient (Wildman–Crippen LogP) is 2.02. The molecule has 6 nitrogen and oxygen atoms in total. The van der Waals surface area contributed by atoms with Crippen molar-refractivity contribution in [3.8, 4) is 0 Å². The fourth-order valence-electron chi connectivity index (χ4n) is 2.94. The van der Waals surface area contributed by atoms with Crippen molar-refractivity contribution in [2.24, 2.45) is 11.8 Å². The van der Waals surface area contributed by atoms with Crippen molar-refractivity contribution in [2.45, 2.75) is 17.4 Å². The first-order valence-electron chi connectivity index (χ1n) is 8.15. The van der Waals surface area contributed by atoms with Crippen LogP contribution in [0.4, 0.5) is 0 Å². The molecule has 0 radical (unpaired) electrons. The van der Waals surface area contributed by atoms with E-state index in [4.69, 9.17) is 5.11 Å². The minimum absolute atomic E-state index is 0.167. The van der Waals surface area contributed by atoms with Gasteiger partial charge in [-0.3, -0.25) is 9.59 Å². The fraction of sp³-hybridized carbons (Fsp3) is 0.263. The minimum atomic E-state index is -3.38. The van der Waals surface area contributed by atoms with Crippen LogP contribution in [-0.4, -0.2) is 31.7 Å². The number of amides is 1. The van der Waals surface area contributed by atoms with Gasteiger partial charge in [0, 0.05) is 6.26 Å². The van der Waals surface area contributed by atoms with Crippen molar-refractivity contribution in [3.63, 3.8) is 0 Å². The van der Waals surface area contributed by atoms with Crippen LogP contribution in [0.5, 0.6) is 0 Å². The molecule has 0 aliphatic heterocycles. The summed E-state index contributed by atoms with van der Waals surface area (Å²) in [6.45, 7) is 0. The predicted molar refractivity (Wildman–Crippen MR) is 95.2 cm³/mol. The highest BCUT2D eigenvalue weighted by Gasteiger charge is 2.48. The summed E-state index contributed by atoms with van der Waals surface area (Å²) in [5.74, 6) is -2.50. The summed E-state index contributed by atoms with van der Waals surface area (Å²) >= 11 is 0. The Morgan fingerprint density at radius 3 is 2.27 bits per heavy atom. The monoisotopic (exact) mass is 373 g/mol. The number of carbonyl (C=O) groups is 2. The lowest BCUT2D eigenvalue weighted by Crippen LogP contribution is -2.31. The molecule has 0 spiro atoms. The summed E-state index contributed by atoms with van der Waals surface area (Å²) in [5, 5.41) is 11.9.